The molecule has 2 aromatic carbocycles. The highest BCUT2D eigenvalue weighted by molar-refractivity contribution is 7.99. The lowest BCUT2D eigenvalue weighted by Gasteiger charge is -2.16. The van der Waals surface area contributed by atoms with E-state index in [1.807, 2.05) is 25.1 Å². The second-order valence-corrected chi connectivity index (χ2v) is 6.49. The number of aromatic nitrogens is 2. The van der Waals surface area contributed by atoms with Crippen molar-refractivity contribution in [3.8, 4) is 11.4 Å². The highest BCUT2D eigenvalue weighted by Crippen LogP contribution is 2.27. The van der Waals surface area contributed by atoms with E-state index < -0.39 is 0 Å². The van der Waals surface area contributed by atoms with Gasteiger partial charge >= 0.3 is 5.97 Å². The minimum atomic E-state index is -0.352. The minimum absolute atomic E-state index is 0.0649. The second kappa shape index (κ2) is 8.73. The molecule has 27 heavy (non-hydrogen) atoms. The van der Waals surface area contributed by atoms with Crippen LogP contribution in [-0.4, -0.2) is 34.5 Å². The summed E-state index contributed by atoms with van der Waals surface area (Å²) in [5.41, 5.74) is 0.965. The third-order valence-corrected chi connectivity index (χ3v) is 4.69. The predicted molar refractivity (Wildman–Crippen MR) is 106 cm³/mol. The maximum absolute atomic E-state index is 13.2. The molecule has 6 nitrogen and oxygen atoms in total. The van der Waals surface area contributed by atoms with Gasteiger partial charge in [-0.05, 0) is 38.1 Å². The minimum Gasteiger partial charge on any atom is -0.492 e. The van der Waals surface area contributed by atoms with Crippen molar-refractivity contribution in [1.82, 2.24) is 9.55 Å². The summed E-state index contributed by atoms with van der Waals surface area (Å²) in [5, 5.41) is 0.920. The Hall–Kier alpha value is -2.80. The van der Waals surface area contributed by atoms with E-state index in [0.29, 0.717) is 40.7 Å². The Bertz CT molecular complexity index is 1020. The van der Waals surface area contributed by atoms with E-state index in [0.717, 1.165) is 0 Å². The molecule has 0 saturated heterocycles. The van der Waals surface area contributed by atoms with Crippen LogP contribution in [0.2, 0.25) is 0 Å². The fraction of sp³-hybridized carbons (Fsp3) is 0.250. The molecule has 0 aliphatic carbocycles. The maximum Gasteiger partial charge on any atom is 0.316 e. The third kappa shape index (κ3) is 4.14. The number of esters is 1. The zero-order valence-corrected chi connectivity index (χ0v) is 16.0. The van der Waals surface area contributed by atoms with Crippen LogP contribution in [0, 0.1) is 0 Å². The van der Waals surface area contributed by atoms with Crippen LogP contribution in [0.1, 0.15) is 13.8 Å². The van der Waals surface area contributed by atoms with Gasteiger partial charge in [-0.1, -0.05) is 36.0 Å². The number of para-hydroxylation sites is 3. The van der Waals surface area contributed by atoms with Crippen LogP contribution >= 0.6 is 11.8 Å². The van der Waals surface area contributed by atoms with E-state index >= 15 is 0 Å². The number of benzene rings is 2. The zero-order chi connectivity index (χ0) is 19.2. The average molecular weight is 384 g/mol. The molecule has 0 radical (unpaired) electrons. The molecule has 0 spiro atoms. The first-order valence-corrected chi connectivity index (χ1v) is 9.66. The van der Waals surface area contributed by atoms with E-state index in [4.69, 9.17) is 9.47 Å². The van der Waals surface area contributed by atoms with Crippen molar-refractivity contribution in [2.45, 2.75) is 19.0 Å². The van der Waals surface area contributed by atoms with Crippen molar-refractivity contribution in [2.24, 2.45) is 0 Å². The molecule has 0 atom stereocenters. The van der Waals surface area contributed by atoms with Crippen LogP contribution in [0.4, 0.5) is 0 Å². The molecule has 140 valence electrons. The maximum atomic E-state index is 13.2. The molecule has 7 heteroatoms. The number of nitrogens with zero attached hydrogens (tertiary/aromatic N) is 2. The van der Waals surface area contributed by atoms with Gasteiger partial charge in [0.15, 0.2) is 5.16 Å². The van der Waals surface area contributed by atoms with E-state index in [1.54, 1.807) is 37.3 Å². The molecule has 1 aromatic heterocycles. The summed E-state index contributed by atoms with van der Waals surface area (Å²) in [6, 6.07) is 14.4. The number of ether oxygens (including phenoxy) is 2. The van der Waals surface area contributed by atoms with E-state index in [2.05, 4.69) is 4.98 Å². The molecule has 3 rings (SSSR count). The van der Waals surface area contributed by atoms with Gasteiger partial charge in [-0.2, -0.15) is 0 Å². The van der Waals surface area contributed by atoms with Gasteiger partial charge in [-0.25, -0.2) is 4.98 Å². The molecule has 0 aliphatic heterocycles. The molecule has 0 bridgehead atoms. The van der Waals surface area contributed by atoms with Crippen molar-refractivity contribution >= 4 is 28.6 Å². The van der Waals surface area contributed by atoms with Gasteiger partial charge < -0.3 is 9.47 Å². The first-order chi connectivity index (χ1) is 13.2. The highest BCUT2D eigenvalue weighted by Gasteiger charge is 2.17. The van der Waals surface area contributed by atoms with Crippen molar-refractivity contribution in [3.05, 3.63) is 58.9 Å². The number of carbonyl (C=O) groups is 1. The summed E-state index contributed by atoms with van der Waals surface area (Å²) in [6.07, 6.45) is 0. The van der Waals surface area contributed by atoms with Gasteiger partial charge in [0, 0.05) is 0 Å². The average Bonchev–Trinajstić information content (AvgIpc) is 2.68. The van der Waals surface area contributed by atoms with E-state index in [9.17, 15) is 9.59 Å². The predicted octanol–water partition coefficient (Wildman–Crippen LogP) is 3.44. The molecule has 0 unspecified atom stereocenters. The van der Waals surface area contributed by atoms with Gasteiger partial charge in [0.1, 0.15) is 5.75 Å². The number of hydrogen-bond donors (Lipinski definition) is 0. The third-order valence-electron chi connectivity index (χ3n) is 3.78. The van der Waals surface area contributed by atoms with Gasteiger partial charge in [-0.15, -0.1) is 0 Å². The standard InChI is InChI=1S/C20H20N2O4S/c1-3-25-17-12-8-7-11-16(17)22-19(24)14-9-5-6-10-15(14)21-20(22)27-13-18(23)26-4-2/h5-12H,3-4,13H2,1-2H3. The lowest BCUT2D eigenvalue weighted by molar-refractivity contribution is -0.139. The molecule has 0 saturated carbocycles. The lowest BCUT2D eigenvalue weighted by atomic mass is 10.2. The number of hydrogen-bond acceptors (Lipinski definition) is 6. The molecule has 3 aromatic rings. The number of thioether (sulfide) groups is 1. The molecule has 0 N–H and O–H groups in total. The molecule has 0 aliphatic rings. The van der Waals surface area contributed by atoms with Gasteiger partial charge in [0.25, 0.3) is 5.56 Å². The smallest absolute Gasteiger partial charge is 0.316 e. The van der Waals surface area contributed by atoms with Crippen LogP contribution in [0.25, 0.3) is 16.6 Å². The van der Waals surface area contributed by atoms with Crippen molar-refractivity contribution in [1.29, 1.82) is 0 Å². The second-order valence-electron chi connectivity index (χ2n) is 5.55. The Morgan fingerprint density at radius 1 is 1.07 bits per heavy atom. The van der Waals surface area contributed by atoms with Crippen LogP contribution in [0.15, 0.2) is 58.5 Å². The highest BCUT2D eigenvalue weighted by atomic mass is 32.2. The molecule has 0 fully saturated rings. The van der Waals surface area contributed by atoms with Crippen LogP contribution < -0.4 is 10.3 Å². The van der Waals surface area contributed by atoms with Gasteiger partial charge in [-0.3, -0.25) is 14.2 Å². The summed E-state index contributed by atoms with van der Waals surface area (Å²) in [6.45, 7) is 4.42. The van der Waals surface area contributed by atoms with Gasteiger partial charge in [0.2, 0.25) is 0 Å². The summed E-state index contributed by atoms with van der Waals surface area (Å²) >= 11 is 1.17. The van der Waals surface area contributed by atoms with Gasteiger partial charge in [0.05, 0.1) is 35.6 Å². The number of carbonyl (C=O) groups excluding carboxylic acids is 1. The molecule has 0 amide bonds. The van der Waals surface area contributed by atoms with Crippen LogP contribution in [-0.2, 0) is 9.53 Å². The lowest BCUT2D eigenvalue weighted by Crippen LogP contribution is -2.23. The zero-order valence-electron chi connectivity index (χ0n) is 15.2. The van der Waals surface area contributed by atoms with E-state index in [1.165, 1.54) is 16.3 Å². The monoisotopic (exact) mass is 384 g/mol. The molecular formula is C20H20N2O4S. The topological polar surface area (TPSA) is 70.4 Å². The Kier molecular flexibility index (Phi) is 6.13. The first kappa shape index (κ1) is 19.0. The van der Waals surface area contributed by atoms with Crippen molar-refractivity contribution in [3.63, 3.8) is 0 Å². The number of fused-ring (bicyclic) bond motifs is 1. The number of rotatable bonds is 7. The SMILES string of the molecule is CCOC(=O)CSc1nc2ccccc2c(=O)n1-c1ccccc1OCC. The summed E-state index contributed by atoms with van der Waals surface area (Å²) in [4.78, 5) is 29.6. The quantitative estimate of drug-likeness (QED) is 0.353. The first-order valence-electron chi connectivity index (χ1n) is 8.68. The van der Waals surface area contributed by atoms with E-state index in [-0.39, 0.29) is 17.3 Å². The van der Waals surface area contributed by atoms with Crippen molar-refractivity contribution in [2.75, 3.05) is 19.0 Å². The van der Waals surface area contributed by atoms with Crippen molar-refractivity contribution < 1.29 is 14.3 Å². The normalized spacial score (nSPS) is 10.7. The largest absolute Gasteiger partial charge is 0.492 e. The summed E-state index contributed by atoms with van der Waals surface area (Å²) in [7, 11) is 0. The summed E-state index contributed by atoms with van der Waals surface area (Å²) < 4.78 is 12.2. The fourth-order valence-corrected chi connectivity index (χ4v) is 3.47. The Labute approximate surface area is 161 Å². The Morgan fingerprint density at radius 2 is 1.81 bits per heavy atom. The Morgan fingerprint density at radius 3 is 2.59 bits per heavy atom. The fourth-order valence-electron chi connectivity index (χ4n) is 2.67. The summed E-state index contributed by atoms with van der Waals surface area (Å²) in [5.74, 6) is 0.293. The molecular weight excluding hydrogens is 364 g/mol. The Balaban J connectivity index is 2.17. The molecule has 1 heterocycles. The van der Waals surface area contributed by atoms with Crippen LogP contribution in [0.3, 0.4) is 0 Å². The van der Waals surface area contributed by atoms with Crippen LogP contribution in [0.5, 0.6) is 5.75 Å².